The molecule has 0 spiro atoms. The van der Waals surface area contributed by atoms with E-state index in [9.17, 15) is 4.39 Å². The molecular weight excluding hydrogens is 415 g/mol. The fourth-order valence-corrected chi connectivity index (χ4v) is 4.64. The van der Waals surface area contributed by atoms with E-state index < -0.39 is 5.82 Å². The van der Waals surface area contributed by atoms with Gasteiger partial charge in [0, 0.05) is 46.5 Å². The maximum absolute atomic E-state index is 13.6. The molecule has 0 saturated heterocycles. The monoisotopic (exact) mass is 432 g/mol. The number of rotatable bonds is 3. The van der Waals surface area contributed by atoms with Gasteiger partial charge in [0.1, 0.15) is 11.0 Å². The van der Waals surface area contributed by atoms with E-state index in [-0.39, 0.29) is 6.04 Å². The molecule has 0 aliphatic heterocycles. The largest absolute Gasteiger partial charge is 0.365 e. The number of pyridine rings is 1. The molecule has 0 unspecified atom stereocenters. The van der Waals surface area contributed by atoms with Crippen molar-refractivity contribution in [2.45, 2.75) is 25.3 Å². The second kappa shape index (κ2) is 7.06. The quantitative estimate of drug-likeness (QED) is 0.392. The highest BCUT2D eigenvalue weighted by atomic mass is 35.5. The summed E-state index contributed by atoms with van der Waals surface area (Å²) in [5, 5.41) is 9.81. The van der Waals surface area contributed by atoms with Gasteiger partial charge in [-0.2, -0.15) is 0 Å². The molecule has 1 aromatic carbocycles. The van der Waals surface area contributed by atoms with E-state index in [0.29, 0.717) is 22.1 Å². The summed E-state index contributed by atoms with van der Waals surface area (Å²) in [6, 6.07) is 13.6. The number of aryl methyl sites for hydroxylation is 1. The Bertz CT molecular complexity index is 1440. The second-order valence-electron chi connectivity index (χ2n) is 7.87. The smallest absolute Gasteiger partial charge is 0.159 e. The number of H-pyrrole nitrogens is 1. The molecule has 0 bridgehead atoms. The highest BCUT2D eigenvalue weighted by molar-refractivity contribution is 6.30. The lowest BCUT2D eigenvalue weighted by Crippen LogP contribution is -2.27. The first kappa shape index (κ1) is 18.3. The Balaban J connectivity index is 1.30. The molecule has 0 amide bonds. The summed E-state index contributed by atoms with van der Waals surface area (Å²) < 4.78 is 15.1. The average molecular weight is 433 g/mol. The molecule has 0 radical (unpaired) electrons. The number of hydrogen-bond donors (Lipinski definition) is 2. The molecule has 154 valence electrons. The second-order valence-corrected chi connectivity index (χ2v) is 8.25. The lowest BCUT2D eigenvalue weighted by Gasteiger charge is -2.23. The maximum Gasteiger partial charge on any atom is 0.159 e. The fourth-order valence-electron chi connectivity index (χ4n) is 4.41. The Morgan fingerprint density at radius 2 is 2.06 bits per heavy atom. The van der Waals surface area contributed by atoms with Gasteiger partial charge in [0.2, 0.25) is 0 Å². The molecule has 31 heavy (non-hydrogen) atoms. The number of benzene rings is 1. The van der Waals surface area contributed by atoms with Crippen molar-refractivity contribution in [2.75, 3.05) is 5.32 Å². The van der Waals surface area contributed by atoms with Crippen molar-refractivity contribution in [1.82, 2.24) is 24.6 Å². The number of fused-ring (bicyclic) bond motifs is 4. The zero-order chi connectivity index (χ0) is 20.9. The highest BCUT2D eigenvalue weighted by Crippen LogP contribution is 2.31. The van der Waals surface area contributed by atoms with Gasteiger partial charge in [-0.1, -0.05) is 29.8 Å². The topological polar surface area (TPSA) is 70.9 Å². The molecule has 1 atom stereocenters. The first-order chi connectivity index (χ1) is 15.1. The van der Waals surface area contributed by atoms with Crippen molar-refractivity contribution in [1.29, 1.82) is 0 Å². The summed E-state index contributed by atoms with van der Waals surface area (Å²) in [5.41, 5.74) is 5.61. The molecule has 0 saturated carbocycles. The summed E-state index contributed by atoms with van der Waals surface area (Å²) >= 11 is 6.44. The van der Waals surface area contributed by atoms with Gasteiger partial charge >= 0.3 is 0 Å². The van der Waals surface area contributed by atoms with Gasteiger partial charge < -0.3 is 10.3 Å². The summed E-state index contributed by atoms with van der Waals surface area (Å²) in [7, 11) is 0. The standard InChI is InChI=1S/C23H18ClFN6/c24-21-9-20(13-7-14(25)12-26-11-13)29-23-10-22(30-31(21)23)27-15-5-6-19-17(8-15)16-3-1-2-4-18(16)28-19/h1-4,7,9-12,15,28H,5-6,8H2,(H,27,30)/t15-/m1/s1. The number of aromatic amines is 1. The minimum Gasteiger partial charge on any atom is -0.365 e. The number of anilines is 1. The number of para-hydroxylation sites is 1. The van der Waals surface area contributed by atoms with Crippen LogP contribution in [-0.4, -0.2) is 30.6 Å². The Labute approximate surface area is 182 Å². The molecule has 0 fully saturated rings. The van der Waals surface area contributed by atoms with Crippen LogP contribution in [-0.2, 0) is 12.8 Å². The van der Waals surface area contributed by atoms with Crippen molar-refractivity contribution < 1.29 is 4.39 Å². The number of aromatic nitrogens is 5. The molecule has 8 heteroatoms. The SMILES string of the molecule is Fc1cncc(-c2cc(Cl)n3nc(N[C@@H]4CCc5[nH]c6ccccc6c5C4)cc3n2)c1. The molecule has 6 rings (SSSR count). The molecule has 6 nitrogen and oxygen atoms in total. The van der Waals surface area contributed by atoms with E-state index in [0.717, 1.165) is 31.3 Å². The van der Waals surface area contributed by atoms with Crippen molar-refractivity contribution in [3.05, 3.63) is 77.1 Å². The van der Waals surface area contributed by atoms with Crippen LogP contribution in [0.3, 0.4) is 0 Å². The Hall–Kier alpha value is -3.45. The number of nitrogens with zero attached hydrogens (tertiary/aromatic N) is 4. The van der Waals surface area contributed by atoms with E-state index >= 15 is 0 Å². The van der Waals surface area contributed by atoms with E-state index in [1.54, 1.807) is 16.8 Å². The van der Waals surface area contributed by atoms with Gasteiger partial charge in [0.15, 0.2) is 11.5 Å². The van der Waals surface area contributed by atoms with E-state index in [1.807, 2.05) is 6.07 Å². The predicted octanol–water partition coefficient (Wildman–Crippen LogP) is 5.03. The Morgan fingerprint density at radius 1 is 1.16 bits per heavy atom. The van der Waals surface area contributed by atoms with E-state index in [2.05, 4.69) is 49.6 Å². The third kappa shape index (κ3) is 3.21. The molecular formula is C23H18ClFN6. The third-order valence-electron chi connectivity index (χ3n) is 5.83. The summed E-state index contributed by atoms with van der Waals surface area (Å²) in [5.74, 6) is 0.303. The first-order valence-corrected chi connectivity index (χ1v) is 10.5. The maximum atomic E-state index is 13.6. The lowest BCUT2D eigenvalue weighted by molar-refractivity contribution is 0.605. The molecule has 1 aliphatic rings. The minimum atomic E-state index is -0.417. The zero-order valence-corrected chi connectivity index (χ0v) is 17.2. The van der Waals surface area contributed by atoms with Gasteiger partial charge in [-0.3, -0.25) is 4.98 Å². The van der Waals surface area contributed by atoms with Crippen LogP contribution >= 0.6 is 11.6 Å². The van der Waals surface area contributed by atoms with Crippen LogP contribution in [0.1, 0.15) is 17.7 Å². The van der Waals surface area contributed by atoms with E-state index in [4.69, 9.17) is 11.6 Å². The van der Waals surface area contributed by atoms with Gasteiger partial charge in [0.05, 0.1) is 11.9 Å². The van der Waals surface area contributed by atoms with Crippen molar-refractivity contribution in [2.24, 2.45) is 0 Å². The molecule has 4 heterocycles. The molecule has 4 aromatic heterocycles. The van der Waals surface area contributed by atoms with Crippen LogP contribution in [0.15, 0.2) is 54.9 Å². The van der Waals surface area contributed by atoms with Crippen LogP contribution in [0.2, 0.25) is 5.15 Å². The zero-order valence-electron chi connectivity index (χ0n) is 16.4. The van der Waals surface area contributed by atoms with E-state index in [1.165, 1.54) is 28.2 Å². The predicted molar refractivity (Wildman–Crippen MR) is 119 cm³/mol. The average Bonchev–Trinajstić information content (AvgIpc) is 3.35. The van der Waals surface area contributed by atoms with Gasteiger partial charge in [-0.15, -0.1) is 5.10 Å². The summed E-state index contributed by atoms with van der Waals surface area (Å²) in [4.78, 5) is 12.0. The van der Waals surface area contributed by atoms with Gasteiger partial charge in [0.25, 0.3) is 0 Å². The molecule has 1 aliphatic carbocycles. The normalized spacial score (nSPS) is 16.0. The minimum absolute atomic E-state index is 0.266. The Kier molecular flexibility index (Phi) is 4.17. The number of hydrogen-bond acceptors (Lipinski definition) is 4. The molecule has 5 aromatic rings. The summed E-state index contributed by atoms with van der Waals surface area (Å²) in [6.45, 7) is 0. The Morgan fingerprint density at radius 3 is 2.97 bits per heavy atom. The van der Waals surface area contributed by atoms with Crippen molar-refractivity contribution >= 4 is 34.0 Å². The van der Waals surface area contributed by atoms with Gasteiger partial charge in [-0.25, -0.2) is 13.9 Å². The highest BCUT2D eigenvalue weighted by Gasteiger charge is 2.23. The van der Waals surface area contributed by atoms with Crippen molar-refractivity contribution in [3.63, 3.8) is 0 Å². The van der Waals surface area contributed by atoms with Crippen molar-refractivity contribution in [3.8, 4) is 11.3 Å². The van der Waals surface area contributed by atoms with Gasteiger partial charge in [-0.05, 0) is 37.0 Å². The fraction of sp³-hybridized carbons (Fsp3) is 0.174. The lowest BCUT2D eigenvalue weighted by atomic mass is 9.91. The van der Waals surface area contributed by atoms with Crippen LogP contribution < -0.4 is 5.32 Å². The first-order valence-electron chi connectivity index (χ1n) is 10.2. The molecule has 2 N–H and O–H groups in total. The van der Waals surface area contributed by atoms with Crippen LogP contribution in [0.5, 0.6) is 0 Å². The van der Waals surface area contributed by atoms with Crippen LogP contribution in [0.4, 0.5) is 10.2 Å². The van der Waals surface area contributed by atoms with Crippen LogP contribution in [0, 0.1) is 5.82 Å². The summed E-state index contributed by atoms with van der Waals surface area (Å²) in [6.07, 6.45) is 5.65. The number of nitrogens with one attached hydrogen (secondary N) is 2. The third-order valence-corrected chi connectivity index (χ3v) is 6.10. The number of halogens is 2. The van der Waals surface area contributed by atoms with Crippen LogP contribution in [0.25, 0.3) is 27.8 Å².